The van der Waals surface area contributed by atoms with Crippen LogP contribution in [-0.4, -0.2) is 26.3 Å². The highest BCUT2D eigenvalue weighted by Gasteiger charge is 2.17. The molecular weight excluding hydrogens is 465 g/mol. The number of hydrogen-bond acceptors (Lipinski definition) is 4. The molecule has 0 N–H and O–H groups in total. The number of carbonyl (C=O) groups excluding carboxylic acids is 1. The van der Waals surface area contributed by atoms with Crippen molar-refractivity contribution >= 4 is 33.5 Å². The van der Waals surface area contributed by atoms with Crippen molar-refractivity contribution in [2.45, 2.75) is 11.7 Å². The summed E-state index contributed by atoms with van der Waals surface area (Å²) in [7, 11) is 0. The average Bonchev–Trinajstić information content (AvgIpc) is 3.16. The highest BCUT2D eigenvalue weighted by Crippen LogP contribution is 2.26. The molecule has 4 rings (SSSR count). The lowest BCUT2D eigenvalue weighted by Crippen LogP contribution is -2.07. The molecule has 0 amide bonds. The van der Waals surface area contributed by atoms with E-state index >= 15 is 0 Å². The molecule has 150 valence electrons. The fourth-order valence-electron chi connectivity index (χ4n) is 2.97. The molecule has 0 unspecified atom stereocenters. The summed E-state index contributed by atoms with van der Waals surface area (Å²) in [5, 5.41) is 9.28. The number of thioether (sulfide) groups is 1. The van der Waals surface area contributed by atoms with Crippen LogP contribution >= 0.6 is 27.7 Å². The van der Waals surface area contributed by atoms with Gasteiger partial charge in [-0.3, -0.25) is 9.36 Å². The summed E-state index contributed by atoms with van der Waals surface area (Å²) in [6.45, 7) is 0.551. The lowest BCUT2D eigenvalue weighted by Gasteiger charge is -2.10. The Balaban J connectivity index is 1.61. The third-order valence-corrected chi connectivity index (χ3v) is 6.00. The minimum atomic E-state index is -0.303. The van der Waals surface area contributed by atoms with Gasteiger partial charge >= 0.3 is 0 Å². The van der Waals surface area contributed by atoms with Gasteiger partial charge < -0.3 is 0 Å². The topological polar surface area (TPSA) is 47.8 Å². The van der Waals surface area contributed by atoms with Crippen LogP contribution in [0.1, 0.15) is 15.9 Å². The molecule has 0 saturated carbocycles. The van der Waals surface area contributed by atoms with E-state index in [4.69, 9.17) is 0 Å². The number of Topliss-reactive ketones (excluding diaryl/α,β-unsaturated/α-hetero) is 1. The van der Waals surface area contributed by atoms with Crippen molar-refractivity contribution in [3.8, 4) is 11.4 Å². The maximum Gasteiger partial charge on any atom is 0.192 e. The molecule has 0 aliphatic heterocycles. The van der Waals surface area contributed by atoms with E-state index in [9.17, 15) is 9.18 Å². The molecule has 1 heterocycles. The van der Waals surface area contributed by atoms with Crippen molar-refractivity contribution in [3.63, 3.8) is 0 Å². The number of ketones is 1. The minimum absolute atomic E-state index is 0.0186. The highest BCUT2D eigenvalue weighted by atomic mass is 79.9. The van der Waals surface area contributed by atoms with Gasteiger partial charge in [0.25, 0.3) is 0 Å². The Bertz CT molecular complexity index is 1150. The highest BCUT2D eigenvalue weighted by molar-refractivity contribution is 9.10. The first-order valence-electron chi connectivity index (χ1n) is 9.25. The monoisotopic (exact) mass is 481 g/mol. The van der Waals surface area contributed by atoms with Crippen molar-refractivity contribution in [1.82, 2.24) is 14.8 Å². The second-order valence-corrected chi connectivity index (χ2v) is 8.46. The fourth-order valence-corrected chi connectivity index (χ4v) is 4.06. The van der Waals surface area contributed by atoms with E-state index in [2.05, 4.69) is 26.1 Å². The number of benzene rings is 3. The minimum Gasteiger partial charge on any atom is -0.298 e. The third kappa shape index (κ3) is 4.86. The first kappa shape index (κ1) is 20.5. The molecule has 0 fully saturated rings. The van der Waals surface area contributed by atoms with Crippen LogP contribution in [0.3, 0.4) is 0 Å². The van der Waals surface area contributed by atoms with Crippen LogP contribution in [0.15, 0.2) is 88.5 Å². The maximum absolute atomic E-state index is 13.4. The quantitative estimate of drug-likeness (QED) is 0.244. The van der Waals surface area contributed by atoms with Crippen LogP contribution < -0.4 is 0 Å². The smallest absolute Gasteiger partial charge is 0.192 e. The Morgan fingerprint density at radius 2 is 1.63 bits per heavy atom. The molecule has 1 aromatic heterocycles. The van der Waals surface area contributed by atoms with Gasteiger partial charge in [0.1, 0.15) is 5.82 Å². The van der Waals surface area contributed by atoms with Crippen molar-refractivity contribution in [3.05, 3.63) is 100 Å². The molecule has 4 aromatic rings. The number of rotatable bonds is 7. The molecular formula is C23H17BrFN3OS. The number of nitrogens with zero attached hydrogens (tertiary/aromatic N) is 3. The van der Waals surface area contributed by atoms with Crippen LogP contribution in [0, 0.1) is 5.82 Å². The Morgan fingerprint density at radius 1 is 0.933 bits per heavy atom. The maximum atomic E-state index is 13.4. The summed E-state index contributed by atoms with van der Waals surface area (Å²) >= 11 is 4.73. The molecule has 0 spiro atoms. The second kappa shape index (κ2) is 9.36. The van der Waals surface area contributed by atoms with Gasteiger partial charge in [-0.05, 0) is 42.0 Å². The van der Waals surface area contributed by atoms with E-state index in [-0.39, 0.29) is 17.4 Å². The SMILES string of the molecule is O=C(CSc1nnc(-c2ccc(F)cc2)n1Cc1ccccc1)c1ccc(Br)cc1. The van der Waals surface area contributed by atoms with E-state index < -0.39 is 0 Å². The molecule has 0 radical (unpaired) electrons. The third-order valence-electron chi connectivity index (χ3n) is 4.50. The molecule has 4 nitrogen and oxygen atoms in total. The Morgan fingerprint density at radius 3 is 2.33 bits per heavy atom. The number of hydrogen-bond donors (Lipinski definition) is 0. The second-order valence-electron chi connectivity index (χ2n) is 6.60. The Hall–Kier alpha value is -2.77. The summed E-state index contributed by atoms with van der Waals surface area (Å²) in [5.41, 5.74) is 2.51. The first-order chi connectivity index (χ1) is 14.6. The number of halogens is 2. The van der Waals surface area contributed by atoms with Crippen LogP contribution in [0.5, 0.6) is 0 Å². The van der Waals surface area contributed by atoms with Crippen molar-refractivity contribution in [1.29, 1.82) is 0 Å². The fraction of sp³-hybridized carbons (Fsp3) is 0.0870. The van der Waals surface area contributed by atoms with E-state index in [1.807, 2.05) is 47.0 Å². The molecule has 0 saturated heterocycles. The van der Waals surface area contributed by atoms with Crippen molar-refractivity contribution in [2.75, 3.05) is 5.75 Å². The summed E-state index contributed by atoms with van der Waals surface area (Å²) in [5.74, 6) is 0.600. The van der Waals surface area contributed by atoms with Gasteiger partial charge in [-0.2, -0.15) is 0 Å². The predicted molar refractivity (Wildman–Crippen MR) is 120 cm³/mol. The Labute approximate surface area is 186 Å². The van der Waals surface area contributed by atoms with Gasteiger partial charge in [-0.15, -0.1) is 10.2 Å². The average molecular weight is 482 g/mol. The number of aromatic nitrogens is 3. The molecule has 30 heavy (non-hydrogen) atoms. The van der Waals surface area contributed by atoms with Crippen molar-refractivity contribution < 1.29 is 9.18 Å². The molecule has 0 atom stereocenters. The molecule has 3 aromatic carbocycles. The van der Waals surface area contributed by atoms with E-state index in [1.54, 1.807) is 24.3 Å². The van der Waals surface area contributed by atoms with E-state index in [0.717, 1.165) is 15.6 Å². The molecule has 7 heteroatoms. The lowest BCUT2D eigenvalue weighted by atomic mass is 10.2. The van der Waals surface area contributed by atoms with Gasteiger partial charge in [0.2, 0.25) is 0 Å². The van der Waals surface area contributed by atoms with Crippen LogP contribution in [0.2, 0.25) is 0 Å². The van der Waals surface area contributed by atoms with Crippen LogP contribution in [-0.2, 0) is 6.54 Å². The van der Waals surface area contributed by atoms with Crippen LogP contribution in [0.4, 0.5) is 4.39 Å². The van der Waals surface area contributed by atoms with Gasteiger partial charge in [0, 0.05) is 15.6 Å². The zero-order chi connectivity index (χ0) is 20.9. The first-order valence-corrected chi connectivity index (χ1v) is 11.0. The molecule has 0 bridgehead atoms. The largest absolute Gasteiger partial charge is 0.298 e. The molecule has 0 aliphatic carbocycles. The van der Waals surface area contributed by atoms with E-state index in [1.165, 1.54) is 23.9 Å². The summed E-state index contributed by atoms with van der Waals surface area (Å²) < 4.78 is 16.3. The summed E-state index contributed by atoms with van der Waals surface area (Å²) in [6, 6.07) is 23.4. The predicted octanol–water partition coefficient (Wildman–Crippen LogP) is 5.87. The normalized spacial score (nSPS) is 10.9. The zero-order valence-electron chi connectivity index (χ0n) is 15.8. The van der Waals surface area contributed by atoms with Gasteiger partial charge in [0.05, 0.1) is 12.3 Å². The van der Waals surface area contributed by atoms with E-state index in [0.29, 0.717) is 23.1 Å². The zero-order valence-corrected chi connectivity index (χ0v) is 18.2. The van der Waals surface area contributed by atoms with Crippen molar-refractivity contribution in [2.24, 2.45) is 0 Å². The summed E-state index contributed by atoms with van der Waals surface area (Å²) in [6.07, 6.45) is 0. The number of carbonyl (C=O) groups is 1. The van der Waals surface area contributed by atoms with Crippen LogP contribution in [0.25, 0.3) is 11.4 Å². The standard InChI is InChI=1S/C23H17BrFN3OS/c24-19-10-6-17(7-11-19)21(29)15-30-23-27-26-22(18-8-12-20(25)13-9-18)28(23)14-16-4-2-1-3-5-16/h1-13H,14-15H2. The van der Waals surface area contributed by atoms with Gasteiger partial charge in [0.15, 0.2) is 16.8 Å². The lowest BCUT2D eigenvalue weighted by molar-refractivity contribution is 0.102. The summed E-state index contributed by atoms with van der Waals surface area (Å²) in [4.78, 5) is 12.6. The molecule has 0 aliphatic rings. The van der Waals surface area contributed by atoms with Gasteiger partial charge in [-0.25, -0.2) is 4.39 Å². The Kier molecular flexibility index (Phi) is 6.40. The van der Waals surface area contributed by atoms with Gasteiger partial charge in [-0.1, -0.05) is 70.2 Å².